The first kappa shape index (κ1) is 21.3. The highest BCUT2D eigenvalue weighted by atomic mass is 32.4. The van der Waals surface area contributed by atoms with Crippen LogP contribution in [0, 0.1) is 0 Å². The summed E-state index contributed by atoms with van der Waals surface area (Å²) >= 11 is 12.2. The lowest BCUT2D eigenvalue weighted by molar-refractivity contribution is -0.137. The zero-order chi connectivity index (χ0) is 19.5. The number of alkyl halides is 3. The predicted molar refractivity (Wildman–Crippen MR) is 116 cm³/mol. The van der Waals surface area contributed by atoms with E-state index in [0.717, 1.165) is 37.8 Å². The molecular formula is C20H27F3NPS2. The molecule has 0 radical (unpaired) electrons. The van der Waals surface area contributed by atoms with E-state index in [4.69, 9.17) is 24.0 Å². The molecule has 1 aromatic rings. The van der Waals surface area contributed by atoms with E-state index in [1.807, 2.05) is 0 Å². The van der Waals surface area contributed by atoms with Crippen LogP contribution in [-0.4, -0.2) is 16.0 Å². The lowest BCUT2D eigenvalue weighted by Gasteiger charge is -2.41. The quantitative estimate of drug-likeness (QED) is 0.389. The maximum absolute atomic E-state index is 13.0. The molecule has 2 fully saturated rings. The van der Waals surface area contributed by atoms with Crippen molar-refractivity contribution in [2.45, 2.75) is 81.7 Å². The Bertz CT molecular complexity index is 685. The smallest absolute Gasteiger partial charge is 0.346 e. The summed E-state index contributed by atoms with van der Waals surface area (Å²) in [5.74, 6) is 0. The number of anilines is 1. The standard InChI is InChI=1S/C20H27F3NPS2/c21-20(22,23)15-8-7-9-16(14-15)24-19(26)25(27,17-10-3-1-4-11-17)18-12-5-2-6-13-18/h7-9,14,17-18H,1-6,10-13H2,(H,24,26). The third kappa shape index (κ3) is 4.94. The second-order valence-electron chi connectivity index (χ2n) is 7.80. The van der Waals surface area contributed by atoms with Gasteiger partial charge in [0, 0.05) is 11.7 Å². The number of hydrogen-bond acceptors (Lipinski definition) is 2. The Hall–Kier alpha value is -0.450. The molecule has 2 aliphatic carbocycles. The Kier molecular flexibility index (Phi) is 7.02. The first-order valence-corrected chi connectivity index (χ1v) is 13.2. The second kappa shape index (κ2) is 8.92. The van der Waals surface area contributed by atoms with E-state index < -0.39 is 17.8 Å². The fourth-order valence-electron chi connectivity index (χ4n) is 4.54. The first-order chi connectivity index (χ1) is 12.8. The van der Waals surface area contributed by atoms with Gasteiger partial charge in [0.15, 0.2) is 0 Å². The fraction of sp³-hybridized carbons (Fsp3) is 0.650. The Morgan fingerprint density at radius 3 is 1.93 bits per heavy atom. The van der Waals surface area contributed by atoms with E-state index in [1.165, 1.54) is 44.6 Å². The zero-order valence-electron chi connectivity index (χ0n) is 15.4. The lowest BCUT2D eigenvalue weighted by Crippen LogP contribution is -2.30. The number of hydrogen-bond donors (Lipinski definition) is 1. The minimum absolute atomic E-state index is 0.413. The van der Waals surface area contributed by atoms with Crippen LogP contribution in [0.3, 0.4) is 0 Å². The summed E-state index contributed by atoms with van der Waals surface area (Å²) in [6.45, 7) is 0. The highest BCUT2D eigenvalue weighted by Crippen LogP contribution is 2.64. The summed E-state index contributed by atoms with van der Waals surface area (Å²) in [6, 6.07) is 3.31. The van der Waals surface area contributed by atoms with Crippen molar-refractivity contribution in [3.63, 3.8) is 0 Å². The molecule has 3 rings (SSSR count). The van der Waals surface area contributed by atoms with Crippen LogP contribution in [0.4, 0.5) is 18.9 Å². The molecule has 27 heavy (non-hydrogen) atoms. The molecule has 0 aromatic heterocycles. The van der Waals surface area contributed by atoms with Gasteiger partial charge in [0.2, 0.25) is 0 Å². The molecule has 0 unspecified atom stereocenters. The molecular weight excluding hydrogens is 406 g/mol. The summed E-state index contributed by atoms with van der Waals surface area (Å²) in [6.07, 6.45) is 7.43. The lowest BCUT2D eigenvalue weighted by atomic mass is 9.99. The minimum atomic E-state index is -4.35. The number of thiocarbonyl (C=S) groups is 1. The van der Waals surface area contributed by atoms with E-state index in [9.17, 15) is 13.2 Å². The summed E-state index contributed by atoms with van der Waals surface area (Å²) in [5, 5.41) is 3.17. The monoisotopic (exact) mass is 433 g/mol. The molecule has 0 spiro atoms. The van der Waals surface area contributed by atoms with Crippen LogP contribution in [0.2, 0.25) is 0 Å². The SMILES string of the molecule is FC(F)(F)c1cccc(NC(=S)P(=S)(C2CCCCC2)C2CCCCC2)c1. The zero-order valence-corrected chi connectivity index (χ0v) is 18.0. The molecule has 0 saturated heterocycles. The van der Waals surface area contributed by atoms with Crippen molar-refractivity contribution in [1.29, 1.82) is 0 Å². The summed E-state index contributed by atoms with van der Waals surface area (Å²) < 4.78 is 39.8. The van der Waals surface area contributed by atoms with Gasteiger partial charge in [-0.2, -0.15) is 13.2 Å². The topological polar surface area (TPSA) is 12.0 Å². The van der Waals surface area contributed by atoms with Crippen molar-refractivity contribution in [2.75, 3.05) is 5.32 Å². The van der Waals surface area contributed by atoms with Gasteiger partial charge in [-0.05, 0) is 55.2 Å². The van der Waals surface area contributed by atoms with E-state index in [-0.39, 0.29) is 0 Å². The van der Waals surface area contributed by atoms with Crippen molar-refractivity contribution in [1.82, 2.24) is 0 Å². The van der Waals surface area contributed by atoms with Gasteiger partial charge in [0.1, 0.15) is 4.73 Å². The van der Waals surface area contributed by atoms with Crippen molar-refractivity contribution >= 4 is 40.5 Å². The molecule has 1 nitrogen and oxygen atoms in total. The van der Waals surface area contributed by atoms with Crippen LogP contribution in [0.15, 0.2) is 24.3 Å². The molecule has 0 aliphatic heterocycles. The molecule has 0 amide bonds. The van der Waals surface area contributed by atoms with Gasteiger partial charge < -0.3 is 5.32 Å². The molecule has 0 heterocycles. The normalized spacial score (nSPS) is 20.4. The van der Waals surface area contributed by atoms with Crippen molar-refractivity contribution in [3.05, 3.63) is 29.8 Å². The first-order valence-electron chi connectivity index (χ1n) is 9.90. The molecule has 7 heteroatoms. The molecule has 1 N–H and O–H groups in total. The van der Waals surface area contributed by atoms with Crippen LogP contribution in [0.25, 0.3) is 0 Å². The van der Waals surface area contributed by atoms with E-state index in [2.05, 4.69) is 5.32 Å². The average Bonchev–Trinajstić information content (AvgIpc) is 2.68. The van der Waals surface area contributed by atoms with Crippen LogP contribution in [-0.2, 0) is 18.0 Å². The van der Waals surface area contributed by atoms with Crippen LogP contribution >= 0.6 is 18.3 Å². The largest absolute Gasteiger partial charge is 0.416 e. The number of benzene rings is 1. The average molecular weight is 434 g/mol. The summed E-state index contributed by atoms with van der Waals surface area (Å²) in [5.41, 5.74) is 0.667. The van der Waals surface area contributed by atoms with Gasteiger partial charge in [-0.1, -0.05) is 68.6 Å². The van der Waals surface area contributed by atoms with Crippen LogP contribution in [0.1, 0.15) is 69.8 Å². The molecule has 0 atom stereocenters. The third-order valence-electron chi connectivity index (χ3n) is 5.99. The molecule has 0 bridgehead atoms. The van der Waals surface area contributed by atoms with Gasteiger partial charge in [-0.25, -0.2) is 0 Å². The van der Waals surface area contributed by atoms with Crippen LogP contribution in [0.5, 0.6) is 0 Å². The van der Waals surface area contributed by atoms with E-state index in [1.54, 1.807) is 6.07 Å². The van der Waals surface area contributed by atoms with Crippen molar-refractivity contribution in [3.8, 4) is 0 Å². The number of rotatable bonds is 4. The van der Waals surface area contributed by atoms with Gasteiger partial charge >= 0.3 is 6.18 Å². The molecule has 150 valence electrons. The Balaban J connectivity index is 1.85. The Morgan fingerprint density at radius 2 is 1.44 bits per heavy atom. The van der Waals surface area contributed by atoms with Crippen molar-refractivity contribution in [2.24, 2.45) is 0 Å². The maximum atomic E-state index is 13.0. The van der Waals surface area contributed by atoms with E-state index in [0.29, 0.717) is 21.7 Å². The third-order valence-corrected chi connectivity index (χ3v) is 13.6. The van der Waals surface area contributed by atoms with Gasteiger partial charge in [-0.3, -0.25) is 0 Å². The van der Waals surface area contributed by atoms with Gasteiger partial charge in [0.05, 0.1) is 5.56 Å². The van der Waals surface area contributed by atoms with Crippen LogP contribution < -0.4 is 5.32 Å². The van der Waals surface area contributed by atoms with Gasteiger partial charge in [0.25, 0.3) is 0 Å². The second-order valence-corrected chi connectivity index (χ2v) is 13.7. The predicted octanol–water partition coefficient (Wildman–Crippen LogP) is 7.55. The Labute approximate surface area is 170 Å². The highest BCUT2D eigenvalue weighted by molar-refractivity contribution is 8.28. The maximum Gasteiger partial charge on any atom is 0.416 e. The van der Waals surface area contributed by atoms with E-state index >= 15 is 0 Å². The minimum Gasteiger partial charge on any atom is -0.346 e. The van der Waals surface area contributed by atoms with Crippen molar-refractivity contribution < 1.29 is 13.2 Å². The van der Waals surface area contributed by atoms with Gasteiger partial charge in [-0.15, -0.1) is 0 Å². The molecule has 1 aromatic carbocycles. The summed E-state index contributed by atoms with van der Waals surface area (Å²) in [4.78, 5) is 0. The molecule has 2 aliphatic rings. The highest BCUT2D eigenvalue weighted by Gasteiger charge is 2.40. The number of nitrogens with one attached hydrogen (secondary N) is 1. The Morgan fingerprint density at radius 1 is 0.926 bits per heavy atom. The fourth-order valence-corrected chi connectivity index (χ4v) is 10.8. The summed E-state index contributed by atoms with van der Waals surface area (Å²) in [7, 11) is 0. The number of halogens is 3. The molecule has 2 saturated carbocycles.